The van der Waals surface area contributed by atoms with Crippen molar-refractivity contribution < 1.29 is 0 Å². The van der Waals surface area contributed by atoms with Gasteiger partial charge in [0.1, 0.15) is 5.82 Å². The van der Waals surface area contributed by atoms with Crippen molar-refractivity contribution in [1.82, 2.24) is 9.78 Å². The number of nitrogen functional groups attached to an aromatic ring is 1. The SMILES string of the molecule is Cc1ccccc1C#Cc1c(C)nn(C)c1N. The normalized spacial score (nSPS) is 9.82. The molecule has 0 spiro atoms. The molecule has 0 amide bonds. The van der Waals surface area contributed by atoms with Crippen molar-refractivity contribution in [3.8, 4) is 11.8 Å². The molecule has 0 aliphatic heterocycles. The lowest BCUT2D eigenvalue weighted by atomic mass is 10.1. The zero-order valence-corrected chi connectivity index (χ0v) is 10.3. The summed E-state index contributed by atoms with van der Waals surface area (Å²) in [6.45, 7) is 3.96. The number of nitrogens with zero attached hydrogens (tertiary/aromatic N) is 2. The molecule has 17 heavy (non-hydrogen) atoms. The molecule has 2 rings (SSSR count). The Hall–Kier alpha value is -2.21. The van der Waals surface area contributed by atoms with Crippen molar-refractivity contribution in [3.63, 3.8) is 0 Å². The Morgan fingerprint density at radius 2 is 1.88 bits per heavy atom. The summed E-state index contributed by atoms with van der Waals surface area (Å²) in [4.78, 5) is 0. The molecule has 2 N–H and O–H groups in total. The van der Waals surface area contributed by atoms with E-state index < -0.39 is 0 Å². The van der Waals surface area contributed by atoms with E-state index in [2.05, 4.69) is 16.9 Å². The fraction of sp³-hybridized carbons (Fsp3) is 0.214. The second kappa shape index (κ2) is 4.34. The van der Waals surface area contributed by atoms with Crippen LogP contribution in [0.5, 0.6) is 0 Å². The predicted octanol–water partition coefficient (Wildman–Crippen LogP) is 2.02. The minimum absolute atomic E-state index is 0.614. The van der Waals surface area contributed by atoms with Crippen molar-refractivity contribution in [2.75, 3.05) is 5.73 Å². The van der Waals surface area contributed by atoms with E-state index >= 15 is 0 Å². The second-order valence-electron chi connectivity index (χ2n) is 4.03. The lowest BCUT2D eigenvalue weighted by Crippen LogP contribution is -1.98. The summed E-state index contributed by atoms with van der Waals surface area (Å²) in [6, 6.07) is 8.04. The van der Waals surface area contributed by atoms with Gasteiger partial charge in [-0.15, -0.1) is 0 Å². The van der Waals surface area contributed by atoms with E-state index in [-0.39, 0.29) is 0 Å². The highest BCUT2D eigenvalue weighted by atomic mass is 15.3. The summed E-state index contributed by atoms with van der Waals surface area (Å²) in [5.41, 5.74) is 9.78. The third kappa shape index (κ3) is 2.16. The molecule has 0 saturated carbocycles. The van der Waals surface area contributed by atoms with Gasteiger partial charge in [-0.05, 0) is 25.5 Å². The standard InChI is InChI=1S/C14H15N3/c1-10-6-4-5-7-12(10)8-9-13-11(2)16-17(3)14(13)15/h4-7H,15H2,1-3H3. The zero-order valence-electron chi connectivity index (χ0n) is 10.3. The van der Waals surface area contributed by atoms with Crippen LogP contribution in [-0.4, -0.2) is 9.78 Å². The summed E-state index contributed by atoms with van der Waals surface area (Å²) >= 11 is 0. The Balaban J connectivity index is 2.43. The molecule has 86 valence electrons. The molecule has 1 aromatic carbocycles. The average molecular weight is 225 g/mol. The molecule has 0 atom stereocenters. The summed E-state index contributed by atoms with van der Waals surface area (Å²) in [6.07, 6.45) is 0. The third-order valence-electron chi connectivity index (χ3n) is 2.73. The highest BCUT2D eigenvalue weighted by Crippen LogP contribution is 2.13. The molecular weight excluding hydrogens is 210 g/mol. The van der Waals surface area contributed by atoms with E-state index in [1.807, 2.05) is 45.2 Å². The van der Waals surface area contributed by atoms with Gasteiger partial charge in [0.15, 0.2) is 0 Å². The van der Waals surface area contributed by atoms with Crippen LogP contribution >= 0.6 is 0 Å². The fourth-order valence-electron chi connectivity index (χ4n) is 1.67. The first-order valence-electron chi connectivity index (χ1n) is 5.46. The van der Waals surface area contributed by atoms with E-state index in [1.165, 1.54) is 5.56 Å². The number of hydrogen-bond donors (Lipinski definition) is 1. The fourth-order valence-corrected chi connectivity index (χ4v) is 1.67. The van der Waals surface area contributed by atoms with Crippen molar-refractivity contribution in [2.24, 2.45) is 7.05 Å². The second-order valence-corrected chi connectivity index (χ2v) is 4.03. The van der Waals surface area contributed by atoms with Crippen molar-refractivity contribution >= 4 is 5.82 Å². The Morgan fingerprint density at radius 3 is 2.47 bits per heavy atom. The average Bonchev–Trinajstić information content (AvgIpc) is 2.53. The molecule has 0 bridgehead atoms. The maximum atomic E-state index is 5.90. The molecule has 2 aromatic rings. The van der Waals surface area contributed by atoms with Crippen LogP contribution in [0.2, 0.25) is 0 Å². The molecular formula is C14H15N3. The first-order valence-corrected chi connectivity index (χ1v) is 5.46. The van der Waals surface area contributed by atoms with Gasteiger partial charge in [-0.25, -0.2) is 0 Å². The van der Waals surface area contributed by atoms with Gasteiger partial charge in [0, 0.05) is 12.6 Å². The molecule has 0 fully saturated rings. The number of aromatic nitrogens is 2. The summed E-state index contributed by atoms with van der Waals surface area (Å²) in [5, 5.41) is 4.23. The van der Waals surface area contributed by atoms with Gasteiger partial charge in [-0.1, -0.05) is 30.0 Å². The number of aryl methyl sites for hydroxylation is 3. The molecule has 0 aliphatic rings. The van der Waals surface area contributed by atoms with Gasteiger partial charge in [0.25, 0.3) is 0 Å². The number of benzene rings is 1. The lowest BCUT2D eigenvalue weighted by molar-refractivity contribution is 0.767. The molecule has 0 radical (unpaired) electrons. The van der Waals surface area contributed by atoms with Crippen molar-refractivity contribution in [2.45, 2.75) is 13.8 Å². The van der Waals surface area contributed by atoms with E-state index in [0.717, 1.165) is 16.8 Å². The maximum Gasteiger partial charge on any atom is 0.137 e. The van der Waals surface area contributed by atoms with Gasteiger partial charge >= 0.3 is 0 Å². The lowest BCUT2D eigenvalue weighted by Gasteiger charge is -1.95. The molecule has 0 unspecified atom stereocenters. The Morgan fingerprint density at radius 1 is 1.18 bits per heavy atom. The van der Waals surface area contributed by atoms with Gasteiger partial charge < -0.3 is 5.73 Å². The van der Waals surface area contributed by atoms with E-state index in [0.29, 0.717) is 5.82 Å². The Bertz CT molecular complexity index is 612. The predicted molar refractivity (Wildman–Crippen MR) is 69.5 cm³/mol. The van der Waals surface area contributed by atoms with Crippen LogP contribution in [-0.2, 0) is 7.05 Å². The molecule has 0 saturated heterocycles. The largest absolute Gasteiger partial charge is 0.383 e. The van der Waals surface area contributed by atoms with Crippen LogP contribution in [0.3, 0.4) is 0 Å². The topological polar surface area (TPSA) is 43.8 Å². The minimum atomic E-state index is 0.614. The molecule has 1 heterocycles. The van der Waals surface area contributed by atoms with E-state index in [1.54, 1.807) is 4.68 Å². The highest BCUT2D eigenvalue weighted by molar-refractivity contribution is 5.56. The molecule has 1 aromatic heterocycles. The van der Waals surface area contributed by atoms with Crippen LogP contribution in [0, 0.1) is 25.7 Å². The number of nitrogens with two attached hydrogens (primary N) is 1. The van der Waals surface area contributed by atoms with E-state index in [4.69, 9.17) is 5.73 Å². The number of rotatable bonds is 0. The summed E-state index contributed by atoms with van der Waals surface area (Å²) in [7, 11) is 1.82. The Labute approximate surface area is 101 Å². The molecule has 3 heteroatoms. The zero-order chi connectivity index (χ0) is 12.4. The van der Waals surface area contributed by atoms with Crippen molar-refractivity contribution in [3.05, 3.63) is 46.6 Å². The van der Waals surface area contributed by atoms with Crippen LogP contribution in [0.1, 0.15) is 22.4 Å². The van der Waals surface area contributed by atoms with Crippen LogP contribution < -0.4 is 5.73 Å². The summed E-state index contributed by atoms with van der Waals surface area (Å²) < 4.78 is 1.65. The summed E-state index contributed by atoms with van der Waals surface area (Å²) in [5.74, 6) is 6.86. The van der Waals surface area contributed by atoms with Crippen LogP contribution in [0.25, 0.3) is 0 Å². The van der Waals surface area contributed by atoms with Gasteiger partial charge in [0.2, 0.25) is 0 Å². The van der Waals surface area contributed by atoms with Crippen molar-refractivity contribution in [1.29, 1.82) is 0 Å². The number of anilines is 1. The molecule has 0 aliphatic carbocycles. The van der Waals surface area contributed by atoms with Gasteiger partial charge in [0.05, 0.1) is 11.3 Å². The monoisotopic (exact) mass is 225 g/mol. The van der Waals surface area contributed by atoms with E-state index in [9.17, 15) is 0 Å². The minimum Gasteiger partial charge on any atom is -0.383 e. The van der Waals surface area contributed by atoms with Crippen LogP contribution in [0.15, 0.2) is 24.3 Å². The van der Waals surface area contributed by atoms with Gasteiger partial charge in [-0.2, -0.15) is 5.10 Å². The van der Waals surface area contributed by atoms with Crippen LogP contribution in [0.4, 0.5) is 5.82 Å². The smallest absolute Gasteiger partial charge is 0.137 e. The highest BCUT2D eigenvalue weighted by Gasteiger charge is 2.06. The first-order chi connectivity index (χ1) is 8.09. The third-order valence-corrected chi connectivity index (χ3v) is 2.73. The quantitative estimate of drug-likeness (QED) is 0.697. The molecule has 3 nitrogen and oxygen atoms in total. The number of hydrogen-bond acceptors (Lipinski definition) is 2. The van der Waals surface area contributed by atoms with Gasteiger partial charge in [-0.3, -0.25) is 4.68 Å². The Kier molecular flexibility index (Phi) is 2.88. The maximum absolute atomic E-state index is 5.90. The first kappa shape index (κ1) is 11.3.